The molecule has 0 unspecified atom stereocenters. The summed E-state index contributed by atoms with van der Waals surface area (Å²) in [7, 11) is 0. The van der Waals surface area contributed by atoms with Crippen LogP contribution in [0.4, 0.5) is 17.3 Å². The van der Waals surface area contributed by atoms with E-state index in [9.17, 15) is 0 Å². The molecular weight excluding hydrogens is 358 g/mol. The minimum atomic E-state index is 0.152. The topological polar surface area (TPSA) is 83.0 Å². The summed E-state index contributed by atoms with van der Waals surface area (Å²) in [5.74, 6) is 1.46. The van der Waals surface area contributed by atoms with Crippen LogP contribution in [0.5, 0.6) is 0 Å². The molecule has 0 radical (unpaired) electrons. The number of fused-ring (bicyclic) bond motifs is 1. The lowest BCUT2D eigenvalue weighted by atomic mass is 10.2. The van der Waals surface area contributed by atoms with Gasteiger partial charge in [0.25, 0.3) is 0 Å². The predicted octanol–water partition coefficient (Wildman–Crippen LogP) is 3.33. The molecule has 0 bridgehead atoms. The summed E-state index contributed by atoms with van der Waals surface area (Å²) >= 11 is 3.46. The maximum atomic E-state index is 8.85. The monoisotopic (exact) mass is 373 g/mol. The molecule has 0 amide bonds. The van der Waals surface area contributed by atoms with Gasteiger partial charge < -0.3 is 15.7 Å². The Labute approximate surface area is 142 Å². The van der Waals surface area contributed by atoms with Crippen molar-refractivity contribution in [2.45, 2.75) is 6.42 Å². The molecule has 3 rings (SSSR count). The van der Waals surface area contributed by atoms with Gasteiger partial charge >= 0.3 is 0 Å². The number of nitrogens with one attached hydrogen (secondary N) is 2. The third-order valence-electron chi connectivity index (χ3n) is 3.25. The highest BCUT2D eigenvalue weighted by molar-refractivity contribution is 9.10. The first kappa shape index (κ1) is 15.6. The van der Waals surface area contributed by atoms with Gasteiger partial charge in [-0.25, -0.2) is 15.0 Å². The second-order valence-electron chi connectivity index (χ2n) is 4.95. The normalized spacial score (nSPS) is 10.7. The van der Waals surface area contributed by atoms with E-state index in [1.807, 2.05) is 30.3 Å². The minimum absolute atomic E-state index is 0.152. The van der Waals surface area contributed by atoms with Gasteiger partial charge in [-0.05, 0) is 30.7 Å². The smallest absolute Gasteiger partial charge is 0.141 e. The van der Waals surface area contributed by atoms with Crippen molar-refractivity contribution in [3.05, 3.63) is 47.3 Å². The number of rotatable bonds is 6. The second-order valence-corrected chi connectivity index (χ2v) is 5.86. The number of aliphatic hydroxyl groups excluding tert-OH is 1. The molecule has 7 heteroatoms. The second kappa shape index (κ2) is 7.34. The van der Waals surface area contributed by atoms with E-state index in [2.05, 4.69) is 41.5 Å². The van der Waals surface area contributed by atoms with E-state index in [0.29, 0.717) is 13.0 Å². The molecule has 1 aromatic carbocycles. The van der Waals surface area contributed by atoms with Gasteiger partial charge in [-0.15, -0.1) is 0 Å². The van der Waals surface area contributed by atoms with Crippen molar-refractivity contribution in [1.29, 1.82) is 0 Å². The quantitative estimate of drug-likeness (QED) is 0.574. The number of aromatic nitrogens is 3. The highest BCUT2D eigenvalue weighted by Gasteiger charge is 2.06. The van der Waals surface area contributed by atoms with Crippen LogP contribution >= 0.6 is 15.9 Å². The maximum Gasteiger partial charge on any atom is 0.141 e. The van der Waals surface area contributed by atoms with Gasteiger partial charge in [-0.2, -0.15) is 0 Å². The molecule has 0 saturated heterocycles. The molecular formula is C16H16BrN5O. The van der Waals surface area contributed by atoms with E-state index in [4.69, 9.17) is 5.11 Å². The number of halogens is 1. The van der Waals surface area contributed by atoms with Crippen LogP contribution in [0.25, 0.3) is 10.9 Å². The molecule has 0 fully saturated rings. The fourth-order valence-corrected chi connectivity index (χ4v) is 2.55. The van der Waals surface area contributed by atoms with Crippen LogP contribution in [0, 0.1) is 0 Å². The van der Waals surface area contributed by atoms with Crippen molar-refractivity contribution in [1.82, 2.24) is 15.0 Å². The zero-order valence-electron chi connectivity index (χ0n) is 12.3. The molecule has 2 heterocycles. The highest BCUT2D eigenvalue weighted by Crippen LogP contribution is 2.25. The fraction of sp³-hybridized carbons (Fsp3) is 0.188. The van der Waals surface area contributed by atoms with Crippen LogP contribution < -0.4 is 10.6 Å². The Bertz CT molecular complexity index is 811. The highest BCUT2D eigenvalue weighted by atomic mass is 79.9. The summed E-state index contributed by atoms with van der Waals surface area (Å²) in [6.45, 7) is 0.816. The third-order valence-corrected chi connectivity index (χ3v) is 3.74. The van der Waals surface area contributed by atoms with Crippen LogP contribution in [-0.4, -0.2) is 33.2 Å². The summed E-state index contributed by atoms with van der Waals surface area (Å²) < 4.78 is 0.994. The van der Waals surface area contributed by atoms with Crippen molar-refractivity contribution >= 4 is 44.2 Å². The average Bonchev–Trinajstić information content (AvgIpc) is 2.56. The van der Waals surface area contributed by atoms with Crippen molar-refractivity contribution in [3.8, 4) is 0 Å². The van der Waals surface area contributed by atoms with Gasteiger partial charge in [-0.1, -0.05) is 22.0 Å². The van der Waals surface area contributed by atoms with Crippen molar-refractivity contribution in [2.75, 3.05) is 23.8 Å². The number of anilines is 3. The molecule has 0 aliphatic heterocycles. The Morgan fingerprint density at radius 1 is 1.13 bits per heavy atom. The lowest BCUT2D eigenvalue weighted by molar-refractivity contribution is 0.292. The standard InChI is InChI=1S/C16H16BrN5O/c17-11-3-1-4-12(7-11)22-16-13-8-15(18-5-2-6-23)19-9-14(13)20-10-21-16/h1,3-4,7-10,23H,2,5-6H2,(H,18,19)(H,20,21,22). The number of benzene rings is 1. The van der Waals surface area contributed by atoms with Gasteiger partial charge in [0.15, 0.2) is 0 Å². The summed E-state index contributed by atoms with van der Waals surface area (Å²) in [6, 6.07) is 9.79. The van der Waals surface area contributed by atoms with E-state index in [1.165, 1.54) is 6.33 Å². The molecule has 6 nitrogen and oxygen atoms in total. The first-order valence-electron chi connectivity index (χ1n) is 7.24. The molecule has 0 aliphatic carbocycles. The molecule has 0 aliphatic rings. The van der Waals surface area contributed by atoms with Crippen molar-refractivity contribution in [3.63, 3.8) is 0 Å². The fourth-order valence-electron chi connectivity index (χ4n) is 2.15. The molecule has 3 aromatic rings. The van der Waals surface area contributed by atoms with Crippen LogP contribution in [0.15, 0.2) is 47.3 Å². The number of nitrogens with zero attached hydrogens (tertiary/aromatic N) is 3. The maximum absolute atomic E-state index is 8.85. The molecule has 3 N–H and O–H groups in total. The van der Waals surface area contributed by atoms with E-state index in [-0.39, 0.29) is 6.61 Å². The van der Waals surface area contributed by atoms with Gasteiger partial charge in [-0.3, -0.25) is 0 Å². The number of hydrogen-bond acceptors (Lipinski definition) is 6. The van der Waals surface area contributed by atoms with Gasteiger partial charge in [0, 0.05) is 28.7 Å². The number of pyridine rings is 1. The summed E-state index contributed by atoms with van der Waals surface area (Å²) in [5.41, 5.74) is 1.70. The molecule has 2 aromatic heterocycles. The molecule has 0 spiro atoms. The summed E-state index contributed by atoms with van der Waals surface area (Å²) in [4.78, 5) is 12.9. The zero-order chi connectivity index (χ0) is 16.1. The van der Waals surface area contributed by atoms with Crippen molar-refractivity contribution < 1.29 is 5.11 Å². The SMILES string of the molecule is OCCCNc1cc2c(Nc3cccc(Br)c3)ncnc2cn1. The van der Waals surface area contributed by atoms with Gasteiger partial charge in [0.05, 0.1) is 11.7 Å². The average molecular weight is 374 g/mol. The first-order chi connectivity index (χ1) is 11.3. The zero-order valence-corrected chi connectivity index (χ0v) is 13.9. The lowest BCUT2D eigenvalue weighted by Crippen LogP contribution is -2.05. The third kappa shape index (κ3) is 3.94. The molecule has 118 valence electrons. The first-order valence-corrected chi connectivity index (χ1v) is 8.03. The predicted molar refractivity (Wildman–Crippen MR) is 95.0 cm³/mol. The van der Waals surface area contributed by atoms with Gasteiger partial charge in [0.2, 0.25) is 0 Å². The Balaban J connectivity index is 1.91. The Morgan fingerprint density at radius 3 is 2.87 bits per heavy atom. The Morgan fingerprint density at radius 2 is 2.04 bits per heavy atom. The van der Waals surface area contributed by atoms with Crippen LogP contribution in [0.3, 0.4) is 0 Å². The summed E-state index contributed by atoms with van der Waals surface area (Å²) in [6.07, 6.45) is 3.90. The Kier molecular flexibility index (Phi) is 4.99. The van der Waals surface area contributed by atoms with Crippen LogP contribution in [-0.2, 0) is 0 Å². The minimum Gasteiger partial charge on any atom is -0.396 e. The van der Waals surface area contributed by atoms with E-state index in [0.717, 1.165) is 32.7 Å². The van der Waals surface area contributed by atoms with E-state index in [1.54, 1.807) is 6.20 Å². The van der Waals surface area contributed by atoms with E-state index < -0.39 is 0 Å². The number of aliphatic hydroxyl groups is 1. The lowest BCUT2D eigenvalue weighted by Gasteiger charge is -2.10. The van der Waals surface area contributed by atoms with Crippen LogP contribution in [0.1, 0.15) is 6.42 Å². The largest absolute Gasteiger partial charge is 0.396 e. The van der Waals surface area contributed by atoms with Gasteiger partial charge in [0.1, 0.15) is 18.0 Å². The number of hydrogen-bond donors (Lipinski definition) is 3. The molecule has 0 saturated carbocycles. The molecule has 0 atom stereocenters. The molecule has 23 heavy (non-hydrogen) atoms. The van der Waals surface area contributed by atoms with E-state index >= 15 is 0 Å². The summed E-state index contributed by atoms with van der Waals surface area (Å²) in [5, 5.41) is 16.2. The Hall–Kier alpha value is -2.25. The van der Waals surface area contributed by atoms with Crippen LogP contribution in [0.2, 0.25) is 0 Å². The van der Waals surface area contributed by atoms with Crippen molar-refractivity contribution in [2.24, 2.45) is 0 Å².